The zero-order chi connectivity index (χ0) is 24.4. The zero-order valence-corrected chi connectivity index (χ0v) is 20.7. The monoisotopic (exact) mass is 461 g/mol. The molecule has 2 aromatic heterocycles. The Hall–Kier alpha value is -3.63. The lowest BCUT2D eigenvalue weighted by atomic mass is 10.1. The maximum absolute atomic E-state index is 12.8. The van der Waals surface area contributed by atoms with E-state index in [-0.39, 0.29) is 11.5 Å². The van der Waals surface area contributed by atoms with E-state index in [9.17, 15) is 14.9 Å². The molecule has 33 heavy (non-hydrogen) atoms. The fourth-order valence-electron chi connectivity index (χ4n) is 3.72. The van der Waals surface area contributed by atoms with Crippen LogP contribution in [0.1, 0.15) is 48.9 Å². The Balaban J connectivity index is 2.04. The second-order valence-electron chi connectivity index (χ2n) is 8.06. The first-order valence-corrected chi connectivity index (χ1v) is 11.3. The van der Waals surface area contributed by atoms with Gasteiger partial charge in [0.25, 0.3) is 5.91 Å². The number of nitrogens with zero attached hydrogens (tertiary/aromatic N) is 2. The van der Waals surface area contributed by atoms with E-state index in [4.69, 9.17) is 4.74 Å². The number of nitrogens with one attached hydrogen (secondary N) is 1. The third kappa shape index (κ3) is 4.62. The molecule has 1 N–H and O–H groups in total. The van der Waals surface area contributed by atoms with E-state index in [2.05, 4.69) is 5.32 Å². The number of esters is 1. The number of aryl methyl sites for hydroxylation is 4. The molecule has 6 nitrogen and oxygen atoms in total. The maximum Gasteiger partial charge on any atom is 0.341 e. The summed E-state index contributed by atoms with van der Waals surface area (Å²) in [5.41, 5.74) is 6.49. The maximum atomic E-state index is 12.8. The summed E-state index contributed by atoms with van der Waals surface area (Å²) in [6, 6.07) is 9.70. The summed E-state index contributed by atoms with van der Waals surface area (Å²) in [4.78, 5) is 26.3. The van der Waals surface area contributed by atoms with Crippen molar-refractivity contribution in [3.05, 3.63) is 73.9 Å². The molecule has 7 heteroatoms. The highest BCUT2D eigenvalue weighted by Crippen LogP contribution is 2.35. The summed E-state index contributed by atoms with van der Waals surface area (Å²) in [5.74, 6) is -0.851. The zero-order valence-electron chi connectivity index (χ0n) is 19.9. The van der Waals surface area contributed by atoms with Gasteiger partial charge in [0.2, 0.25) is 0 Å². The molecule has 0 fully saturated rings. The average molecular weight is 462 g/mol. The molecule has 0 atom stereocenters. The average Bonchev–Trinajstić information content (AvgIpc) is 3.22. The molecular formula is C26H27N3O3S. The van der Waals surface area contributed by atoms with Crippen molar-refractivity contribution in [3.8, 4) is 11.1 Å². The van der Waals surface area contributed by atoms with Crippen LogP contribution in [0.4, 0.5) is 5.69 Å². The van der Waals surface area contributed by atoms with Crippen molar-refractivity contribution in [2.75, 3.05) is 12.4 Å². The van der Waals surface area contributed by atoms with Gasteiger partial charge in [0, 0.05) is 22.0 Å². The number of thiophene rings is 1. The van der Waals surface area contributed by atoms with Gasteiger partial charge >= 0.3 is 5.97 Å². The Kier molecular flexibility index (Phi) is 6.89. The van der Waals surface area contributed by atoms with Crippen molar-refractivity contribution >= 4 is 35.0 Å². The lowest BCUT2D eigenvalue weighted by molar-refractivity contribution is -0.112. The van der Waals surface area contributed by atoms with Crippen molar-refractivity contribution < 1.29 is 14.3 Å². The molecule has 0 aliphatic rings. The van der Waals surface area contributed by atoms with Crippen LogP contribution in [-0.4, -0.2) is 23.6 Å². The van der Waals surface area contributed by atoms with E-state index in [1.54, 1.807) is 6.08 Å². The standard InChI is InChI=1S/C26H27N3O3S/c1-14-8-9-15(2)22(10-14)28-24(30)21(13-27)12-20-11-16(3)29(18(20)5)25-23(26(31)32-7)17(4)19(6)33-25/h8-12H,1-7H3,(H,28,30)/b21-12+. The molecule has 0 saturated carbocycles. The Morgan fingerprint density at radius 2 is 1.82 bits per heavy atom. The van der Waals surface area contributed by atoms with Crippen molar-refractivity contribution in [1.29, 1.82) is 5.26 Å². The Morgan fingerprint density at radius 1 is 1.12 bits per heavy atom. The van der Waals surface area contributed by atoms with Gasteiger partial charge in [-0.05, 0) is 82.0 Å². The number of benzene rings is 1. The quantitative estimate of drug-likeness (QED) is 0.299. The number of ether oxygens (including phenoxy) is 1. The number of hydrogen-bond donors (Lipinski definition) is 1. The molecule has 1 amide bonds. The van der Waals surface area contributed by atoms with Crippen molar-refractivity contribution in [1.82, 2.24) is 4.57 Å². The van der Waals surface area contributed by atoms with Crippen LogP contribution in [0.5, 0.6) is 0 Å². The molecule has 0 aliphatic heterocycles. The topological polar surface area (TPSA) is 84.1 Å². The summed E-state index contributed by atoms with van der Waals surface area (Å²) >= 11 is 1.51. The number of anilines is 1. The molecule has 0 saturated heterocycles. The molecule has 3 rings (SSSR count). The van der Waals surface area contributed by atoms with Gasteiger partial charge < -0.3 is 14.6 Å². The molecule has 2 heterocycles. The summed E-state index contributed by atoms with van der Waals surface area (Å²) in [7, 11) is 1.37. The fraction of sp³-hybridized carbons (Fsp3) is 0.269. The highest BCUT2D eigenvalue weighted by molar-refractivity contribution is 7.15. The van der Waals surface area contributed by atoms with Gasteiger partial charge in [0.05, 0.1) is 12.7 Å². The Morgan fingerprint density at radius 3 is 2.45 bits per heavy atom. The predicted molar refractivity (Wildman–Crippen MR) is 132 cm³/mol. The van der Waals surface area contributed by atoms with E-state index in [1.165, 1.54) is 18.4 Å². The number of nitriles is 1. The molecular weight excluding hydrogens is 434 g/mol. The second-order valence-corrected chi connectivity index (χ2v) is 9.26. The van der Waals surface area contributed by atoms with Crippen LogP contribution in [0.15, 0.2) is 29.8 Å². The van der Waals surface area contributed by atoms with Crippen LogP contribution in [0.2, 0.25) is 0 Å². The van der Waals surface area contributed by atoms with Crippen LogP contribution in [0, 0.1) is 52.9 Å². The number of amides is 1. The molecule has 3 aromatic rings. The van der Waals surface area contributed by atoms with Crippen LogP contribution in [0.3, 0.4) is 0 Å². The van der Waals surface area contributed by atoms with Crippen LogP contribution in [0.25, 0.3) is 11.1 Å². The summed E-state index contributed by atoms with van der Waals surface area (Å²) in [6.45, 7) is 11.6. The number of methoxy groups -OCH3 is 1. The van der Waals surface area contributed by atoms with Crippen molar-refractivity contribution in [2.24, 2.45) is 0 Å². The number of hydrogen-bond acceptors (Lipinski definition) is 5. The Bertz CT molecular complexity index is 1340. The van der Waals surface area contributed by atoms with Gasteiger partial charge in [-0.25, -0.2) is 4.79 Å². The summed E-state index contributed by atoms with van der Waals surface area (Å²) in [6.07, 6.45) is 1.59. The normalized spacial score (nSPS) is 11.3. The first-order valence-electron chi connectivity index (χ1n) is 10.5. The molecule has 0 radical (unpaired) electrons. The van der Waals surface area contributed by atoms with Gasteiger partial charge in [-0.3, -0.25) is 4.79 Å². The first-order chi connectivity index (χ1) is 15.6. The van der Waals surface area contributed by atoms with Crippen LogP contribution < -0.4 is 5.32 Å². The lowest BCUT2D eigenvalue weighted by Gasteiger charge is -2.10. The molecule has 0 bridgehead atoms. The van der Waals surface area contributed by atoms with Crippen LogP contribution >= 0.6 is 11.3 Å². The van der Waals surface area contributed by atoms with E-state index in [0.717, 1.165) is 43.5 Å². The van der Waals surface area contributed by atoms with E-state index >= 15 is 0 Å². The minimum Gasteiger partial charge on any atom is -0.465 e. The lowest BCUT2D eigenvalue weighted by Crippen LogP contribution is -2.14. The minimum absolute atomic E-state index is 0.00267. The molecule has 0 unspecified atom stereocenters. The third-order valence-corrected chi connectivity index (χ3v) is 6.93. The van der Waals surface area contributed by atoms with Gasteiger partial charge in [0.15, 0.2) is 0 Å². The van der Waals surface area contributed by atoms with E-state index in [1.807, 2.05) is 76.4 Å². The van der Waals surface area contributed by atoms with E-state index < -0.39 is 5.91 Å². The smallest absolute Gasteiger partial charge is 0.341 e. The molecule has 0 aliphatic carbocycles. The van der Waals surface area contributed by atoms with Gasteiger partial charge in [0.1, 0.15) is 16.6 Å². The minimum atomic E-state index is -0.464. The summed E-state index contributed by atoms with van der Waals surface area (Å²) in [5, 5.41) is 13.3. The highest BCUT2D eigenvalue weighted by atomic mass is 32.1. The summed E-state index contributed by atoms with van der Waals surface area (Å²) < 4.78 is 6.99. The second kappa shape index (κ2) is 9.47. The van der Waals surface area contributed by atoms with Crippen molar-refractivity contribution in [2.45, 2.75) is 41.5 Å². The molecule has 1 aromatic carbocycles. The van der Waals surface area contributed by atoms with Crippen molar-refractivity contribution in [3.63, 3.8) is 0 Å². The highest BCUT2D eigenvalue weighted by Gasteiger charge is 2.24. The van der Waals surface area contributed by atoms with Gasteiger partial charge in [-0.2, -0.15) is 5.26 Å². The number of rotatable bonds is 5. The van der Waals surface area contributed by atoms with Gasteiger partial charge in [-0.15, -0.1) is 11.3 Å². The first kappa shape index (κ1) is 24.0. The number of carbonyl (C=O) groups excluding carboxylic acids is 2. The fourth-order valence-corrected chi connectivity index (χ4v) is 4.98. The number of aromatic nitrogens is 1. The third-order valence-electron chi connectivity index (χ3n) is 5.74. The van der Waals surface area contributed by atoms with E-state index in [0.29, 0.717) is 11.3 Å². The molecule has 0 spiro atoms. The van der Waals surface area contributed by atoms with Crippen LogP contribution in [-0.2, 0) is 9.53 Å². The number of carbonyl (C=O) groups is 2. The Labute approximate surface area is 198 Å². The molecule has 170 valence electrons. The largest absolute Gasteiger partial charge is 0.465 e. The SMILES string of the molecule is COC(=O)c1c(-n2c(C)cc(/C=C(\C#N)C(=O)Nc3cc(C)ccc3C)c2C)sc(C)c1C. The van der Waals surface area contributed by atoms with Gasteiger partial charge in [-0.1, -0.05) is 12.1 Å². The predicted octanol–water partition coefficient (Wildman–Crippen LogP) is 5.72.